The number of ether oxygens (including phenoxy) is 1. The van der Waals surface area contributed by atoms with Gasteiger partial charge < -0.3 is 9.26 Å². The lowest BCUT2D eigenvalue weighted by atomic mass is 10.1. The van der Waals surface area contributed by atoms with Crippen LogP contribution in [0.1, 0.15) is 69.0 Å². The van der Waals surface area contributed by atoms with E-state index in [9.17, 15) is 8.42 Å². The molecule has 0 amide bonds. The van der Waals surface area contributed by atoms with E-state index >= 15 is 0 Å². The van der Waals surface area contributed by atoms with Gasteiger partial charge in [0.15, 0.2) is 5.82 Å². The second-order valence-electron chi connectivity index (χ2n) is 6.46. The van der Waals surface area contributed by atoms with Crippen molar-refractivity contribution in [1.82, 2.24) is 14.9 Å². The molecule has 0 aliphatic heterocycles. The first-order valence-electron chi connectivity index (χ1n) is 8.54. The van der Waals surface area contributed by atoms with Crippen molar-refractivity contribution in [2.75, 3.05) is 13.2 Å². The summed E-state index contributed by atoms with van der Waals surface area (Å²) in [7, 11) is -3.45. The highest BCUT2D eigenvalue weighted by Crippen LogP contribution is 2.38. The second kappa shape index (κ2) is 7.72. The molecular weight excluding hydrogens is 318 g/mol. The monoisotopic (exact) mass is 343 g/mol. The summed E-state index contributed by atoms with van der Waals surface area (Å²) in [5.74, 6) is 0.878. The van der Waals surface area contributed by atoms with Crippen LogP contribution in [0.3, 0.4) is 0 Å². The van der Waals surface area contributed by atoms with E-state index in [2.05, 4.69) is 14.9 Å². The number of hydrogen-bond donors (Lipinski definition) is 1. The summed E-state index contributed by atoms with van der Waals surface area (Å²) in [6.07, 6.45) is 9.50. The molecular formula is C15H25N3O4S. The zero-order valence-electron chi connectivity index (χ0n) is 13.4. The van der Waals surface area contributed by atoms with Crippen molar-refractivity contribution in [3.8, 4) is 0 Å². The van der Waals surface area contributed by atoms with E-state index in [-0.39, 0.29) is 24.2 Å². The van der Waals surface area contributed by atoms with Gasteiger partial charge in [-0.05, 0) is 25.7 Å². The molecule has 0 aromatic carbocycles. The zero-order chi connectivity index (χ0) is 16.1. The van der Waals surface area contributed by atoms with Crippen molar-refractivity contribution in [2.24, 2.45) is 0 Å². The molecule has 2 fully saturated rings. The molecule has 3 rings (SSSR count). The summed E-state index contributed by atoms with van der Waals surface area (Å²) in [6.45, 7) is 0.690. The van der Waals surface area contributed by atoms with E-state index in [0.717, 1.165) is 25.7 Å². The van der Waals surface area contributed by atoms with Gasteiger partial charge in [0.2, 0.25) is 15.9 Å². The Bertz CT molecular complexity index is 590. The first kappa shape index (κ1) is 16.9. The third kappa shape index (κ3) is 5.54. The van der Waals surface area contributed by atoms with Crippen LogP contribution in [0.15, 0.2) is 4.52 Å². The molecule has 7 nitrogen and oxygen atoms in total. The smallest absolute Gasteiger partial charge is 0.229 e. The van der Waals surface area contributed by atoms with Crippen molar-refractivity contribution in [3.05, 3.63) is 11.7 Å². The SMILES string of the molecule is O=S(=O)(Cc1noc(C2CC2)n1)NCCOC1CCCCCC1. The summed E-state index contributed by atoms with van der Waals surface area (Å²) >= 11 is 0. The predicted octanol–water partition coefficient (Wildman–Crippen LogP) is 2.11. The second-order valence-corrected chi connectivity index (χ2v) is 8.27. The highest BCUT2D eigenvalue weighted by atomic mass is 32.2. The lowest BCUT2D eigenvalue weighted by Crippen LogP contribution is -2.30. The Morgan fingerprint density at radius 2 is 1.87 bits per heavy atom. The van der Waals surface area contributed by atoms with E-state index in [1.54, 1.807) is 0 Å². The fraction of sp³-hybridized carbons (Fsp3) is 0.867. The number of aromatic nitrogens is 2. The Kier molecular flexibility index (Phi) is 5.66. The van der Waals surface area contributed by atoms with Crippen LogP contribution in [0, 0.1) is 0 Å². The van der Waals surface area contributed by atoms with Gasteiger partial charge in [-0.15, -0.1) is 0 Å². The molecule has 1 N–H and O–H groups in total. The molecule has 0 bridgehead atoms. The third-order valence-corrected chi connectivity index (χ3v) is 5.59. The van der Waals surface area contributed by atoms with Crippen molar-refractivity contribution in [2.45, 2.75) is 69.1 Å². The summed E-state index contributed by atoms with van der Waals surface area (Å²) in [5, 5.41) is 3.74. The predicted molar refractivity (Wildman–Crippen MR) is 84.3 cm³/mol. The minimum Gasteiger partial charge on any atom is -0.377 e. The molecule has 0 saturated heterocycles. The van der Waals surface area contributed by atoms with Crippen molar-refractivity contribution in [3.63, 3.8) is 0 Å². The van der Waals surface area contributed by atoms with Crippen LogP contribution in [-0.4, -0.2) is 37.8 Å². The third-order valence-electron chi connectivity index (χ3n) is 4.31. The minimum atomic E-state index is -3.45. The molecule has 2 aliphatic carbocycles. The molecule has 23 heavy (non-hydrogen) atoms. The standard InChI is InChI=1S/C15H25N3O4S/c19-23(20,11-14-17-15(22-18-14)12-7-8-12)16-9-10-21-13-5-3-1-2-4-6-13/h12-13,16H,1-11H2. The van der Waals surface area contributed by atoms with Crippen LogP contribution >= 0.6 is 0 Å². The van der Waals surface area contributed by atoms with Gasteiger partial charge in [0.1, 0.15) is 5.75 Å². The topological polar surface area (TPSA) is 94.3 Å². The Labute approximate surface area is 137 Å². The molecule has 0 unspecified atom stereocenters. The molecule has 1 heterocycles. The quantitative estimate of drug-likeness (QED) is 0.574. The molecule has 1 aromatic rings. The highest BCUT2D eigenvalue weighted by molar-refractivity contribution is 7.88. The summed E-state index contributed by atoms with van der Waals surface area (Å²) in [5.41, 5.74) is 0. The van der Waals surface area contributed by atoms with Gasteiger partial charge in [-0.1, -0.05) is 30.8 Å². The van der Waals surface area contributed by atoms with Gasteiger partial charge in [-0.2, -0.15) is 4.98 Å². The molecule has 8 heteroatoms. The number of nitrogens with zero attached hydrogens (tertiary/aromatic N) is 2. The van der Waals surface area contributed by atoms with Crippen LogP contribution in [0.5, 0.6) is 0 Å². The minimum absolute atomic E-state index is 0.226. The average molecular weight is 343 g/mol. The van der Waals surface area contributed by atoms with Crippen LogP contribution in [0.25, 0.3) is 0 Å². The summed E-state index contributed by atoms with van der Waals surface area (Å²) in [4.78, 5) is 4.14. The summed E-state index contributed by atoms with van der Waals surface area (Å²) < 4.78 is 37.4. The van der Waals surface area contributed by atoms with Gasteiger partial charge in [0.25, 0.3) is 0 Å². The van der Waals surface area contributed by atoms with Crippen LogP contribution in [0.4, 0.5) is 0 Å². The Hall–Kier alpha value is -0.990. The fourth-order valence-electron chi connectivity index (χ4n) is 2.87. The fourth-order valence-corrected chi connectivity index (χ4v) is 3.83. The van der Waals surface area contributed by atoms with Gasteiger partial charge in [0, 0.05) is 12.5 Å². The lowest BCUT2D eigenvalue weighted by molar-refractivity contribution is 0.0471. The summed E-state index contributed by atoms with van der Waals surface area (Å²) in [6, 6.07) is 0. The molecule has 1 aromatic heterocycles. The number of rotatable bonds is 8. The maximum Gasteiger partial charge on any atom is 0.229 e. The van der Waals surface area contributed by atoms with Crippen LogP contribution < -0.4 is 4.72 Å². The first-order valence-corrected chi connectivity index (χ1v) is 10.2. The number of hydrogen-bond acceptors (Lipinski definition) is 6. The Balaban J connectivity index is 1.37. The highest BCUT2D eigenvalue weighted by Gasteiger charge is 2.30. The van der Waals surface area contributed by atoms with Gasteiger partial charge in [-0.3, -0.25) is 0 Å². The molecule has 0 radical (unpaired) electrons. The van der Waals surface area contributed by atoms with Gasteiger partial charge in [0.05, 0.1) is 12.7 Å². The van der Waals surface area contributed by atoms with Crippen molar-refractivity contribution >= 4 is 10.0 Å². The number of nitrogens with one attached hydrogen (secondary N) is 1. The van der Waals surface area contributed by atoms with Crippen LogP contribution in [0.2, 0.25) is 0 Å². The van der Waals surface area contributed by atoms with E-state index in [0.29, 0.717) is 18.4 Å². The van der Waals surface area contributed by atoms with Crippen LogP contribution in [-0.2, 0) is 20.5 Å². The van der Waals surface area contributed by atoms with E-state index in [1.165, 1.54) is 25.7 Å². The molecule has 0 spiro atoms. The normalized spacial score (nSPS) is 20.5. The number of sulfonamides is 1. The van der Waals surface area contributed by atoms with Gasteiger partial charge >= 0.3 is 0 Å². The molecule has 2 saturated carbocycles. The molecule has 0 atom stereocenters. The Morgan fingerprint density at radius 3 is 2.57 bits per heavy atom. The van der Waals surface area contributed by atoms with Crippen molar-refractivity contribution in [1.29, 1.82) is 0 Å². The average Bonchev–Trinajstić information content (AvgIpc) is 3.30. The lowest BCUT2D eigenvalue weighted by Gasteiger charge is -2.15. The maximum absolute atomic E-state index is 12.0. The van der Waals surface area contributed by atoms with Crippen molar-refractivity contribution < 1.29 is 17.7 Å². The molecule has 2 aliphatic rings. The van der Waals surface area contributed by atoms with E-state index in [1.807, 2.05) is 0 Å². The molecule has 130 valence electrons. The van der Waals surface area contributed by atoms with Gasteiger partial charge in [-0.25, -0.2) is 13.1 Å². The van der Waals surface area contributed by atoms with E-state index in [4.69, 9.17) is 9.26 Å². The van der Waals surface area contributed by atoms with E-state index < -0.39 is 10.0 Å². The maximum atomic E-state index is 12.0. The Morgan fingerprint density at radius 1 is 1.13 bits per heavy atom. The first-order chi connectivity index (χ1) is 11.1. The largest absolute Gasteiger partial charge is 0.377 e. The zero-order valence-corrected chi connectivity index (χ0v) is 14.2.